The molecule has 1 aliphatic carbocycles. The summed E-state index contributed by atoms with van der Waals surface area (Å²) in [5.74, 6) is 0.994. The van der Waals surface area contributed by atoms with Crippen molar-refractivity contribution in [2.45, 2.75) is 31.2 Å². The van der Waals surface area contributed by atoms with Crippen LogP contribution < -0.4 is 5.73 Å². The van der Waals surface area contributed by atoms with Gasteiger partial charge in [-0.2, -0.15) is 0 Å². The molecule has 122 valence electrons. The quantitative estimate of drug-likeness (QED) is 0.685. The lowest BCUT2D eigenvalue weighted by Crippen LogP contribution is -2.31. The molecular formula is C22H23NS. The molecule has 1 aromatic heterocycles. The van der Waals surface area contributed by atoms with Gasteiger partial charge < -0.3 is 5.73 Å². The molecule has 0 fully saturated rings. The van der Waals surface area contributed by atoms with Crippen LogP contribution in [0.5, 0.6) is 0 Å². The molecule has 2 N–H and O–H groups in total. The minimum absolute atomic E-state index is 0.0835. The molecule has 2 aromatic carbocycles. The van der Waals surface area contributed by atoms with E-state index in [2.05, 4.69) is 72.1 Å². The first-order valence-corrected chi connectivity index (χ1v) is 9.61. The molecule has 2 heteroatoms. The molecule has 0 aliphatic heterocycles. The van der Waals surface area contributed by atoms with E-state index in [9.17, 15) is 0 Å². The van der Waals surface area contributed by atoms with E-state index in [-0.39, 0.29) is 6.04 Å². The lowest BCUT2D eigenvalue weighted by Gasteiger charge is -2.37. The van der Waals surface area contributed by atoms with Gasteiger partial charge in [0.25, 0.3) is 0 Å². The summed E-state index contributed by atoms with van der Waals surface area (Å²) in [4.78, 5) is 1.30. The number of hydrogen-bond acceptors (Lipinski definition) is 2. The molecule has 1 heterocycles. The van der Waals surface area contributed by atoms with Crippen LogP contribution in [-0.2, 0) is 12.8 Å². The summed E-state index contributed by atoms with van der Waals surface area (Å²) in [6, 6.07) is 24.1. The molecule has 3 aromatic rings. The van der Waals surface area contributed by atoms with Gasteiger partial charge in [0, 0.05) is 16.8 Å². The van der Waals surface area contributed by atoms with Crippen LogP contribution in [0.1, 0.15) is 39.9 Å². The highest BCUT2D eigenvalue weighted by Crippen LogP contribution is 2.45. The topological polar surface area (TPSA) is 26.0 Å². The fourth-order valence-electron chi connectivity index (χ4n) is 4.15. The molecule has 0 saturated heterocycles. The van der Waals surface area contributed by atoms with Gasteiger partial charge in [-0.3, -0.25) is 0 Å². The molecule has 1 aliphatic rings. The van der Waals surface area contributed by atoms with Gasteiger partial charge in [-0.25, -0.2) is 0 Å². The predicted molar refractivity (Wildman–Crippen MR) is 102 cm³/mol. The molecule has 0 spiro atoms. The molecule has 1 nitrogen and oxygen atoms in total. The first kappa shape index (κ1) is 15.6. The Morgan fingerprint density at radius 1 is 0.958 bits per heavy atom. The SMILES string of the molecule is NC(c1cccs1)C1c2ccccc2CCC1Cc1ccccc1. The summed E-state index contributed by atoms with van der Waals surface area (Å²) in [7, 11) is 0. The van der Waals surface area contributed by atoms with Crippen molar-refractivity contribution in [1.82, 2.24) is 0 Å². The van der Waals surface area contributed by atoms with Crippen molar-refractivity contribution in [2.24, 2.45) is 11.7 Å². The Labute approximate surface area is 148 Å². The van der Waals surface area contributed by atoms with E-state index in [0.29, 0.717) is 11.8 Å². The van der Waals surface area contributed by atoms with Crippen molar-refractivity contribution in [1.29, 1.82) is 0 Å². The molecule has 0 saturated carbocycles. The fraction of sp³-hybridized carbons (Fsp3) is 0.273. The highest BCUT2D eigenvalue weighted by Gasteiger charge is 2.34. The third-order valence-corrected chi connectivity index (χ3v) is 6.28. The first-order chi connectivity index (χ1) is 11.8. The standard InChI is InChI=1S/C22H23NS/c23-22(20-11-6-14-24-20)21-18(15-16-7-2-1-3-8-16)13-12-17-9-4-5-10-19(17)21/h1-11,14,18,21-22H,12-13,15,23H2. The van der Waals surface area contributed by atoms with Crippen LogP contribution in [0.25, 0.3) is 0 Å². The molecule has 24 heavy (non-hydrogen) atoms. The van der Waals surface area contributed by atoms with Gasteiger partial charge in [0.1, 0.15) is 0 Å². The average Bonchev–Trinajstić information content (AvgIpc) is 3.17. The summed E-state index contributed by atoms with van der Waals surface area (Å²) in [5.41, 5.74) is 11.2. The molecule has 0 amide bonds. The third kappa shape index (κ3) is 3.04. The molecule has 0 radical (unpaired) electrons. The second-order valence-corrected chi connectivity index (χ2v) is 7.73. The largest absolute Gasteiger partial charge is 0.323 e. The first-order valence-electron chi connectivity index (χ1n) is 8.73. The number of hydrogen-bond donors (Lipinski definition) is 1. The maximum atomic E-state index is 6.78. The maximum absolute atomic E-state index is 6.78. The van der Waals surface area contributed by atoms with Gasteiger partial charge in [0.15, 0.2) is 0 Å². The Morgan fingerprint density at radius 2 is 1.75 bits per heavy atom. The maximum Gasteiger partial charge on any atom is 0.0462 e. The summed E-state index contributed by atoms with van der Waals surface area (Å²) in [5, 5.41) is 2.14. The Balaban J connectivity index is 1.70. The number of fused-ring (bicyclic) bond motifs is 1. The number of aryl methyl sites for hydroxylation is 1. The van der Waals surface area contributed by atoms with Crippen LogP contribution in [0, 0.1) is 5.92 Å². The minimum Gasteiger partial charge on any atom is -0.323 e. The predicted octanol–water partition coefficient (Wildman–Crippen LogP) is 5.34. The zero-order valence-corrected chi connectivity index (χ0v) is 14.6. The van der Waals surface area contributed by atoms with Crippen LogP contribution in [-0.4, -0.2) is 0 Å². The molecule has 3 unspecified atom stereocenters. The zero-order chi connectivity index (χ0) is 16.4. The second-order valence-electron chi connectivity index (χ2n) is 6.75. The summed E-state index contributed by atoms with van der Waals surface area (Å²) in [6.45, 7) is 0. The second kappa shape index (κ2) is 6.92. The zero-order valence-electron chi connectivity index (χ0n) is 13.8. The van der Waals surface area contributed by atoms with Crippen LogP contribution in [0.4, 0.5) is 0 Å². The Hall–Kier alpha value is -1.90. The van der Waals surface area contributed by atoms with Gasteiger partial charge in [0.2, 0.25) is 0 Å². The lowest BCUT2D eigenvalue weighted by atomic mass is 9.69. The van der Waals surface area contributed by atoms with Crippen molar-refractivity contribution >= 4 is 11.3 Å². The molecule has 4 rings (SSSR count). The van der Waals surface area contributed by atoms with Crippen LogP contribution in [0.3, 0.4) is 0 Å². The van der Waals surface area contributed by atoms with Crippen molar-refractivity contribution in [3.05, 3.63) is 93.7 Å². The average molecular weight is 334 g/mol. The highest BCUT2D eigenvalue weighted by atomic mass is 32.1. The summed E-state index contributed by atoms with van der Waals surface area (Å²) < 4.78 is 0. The normalized spacial score (nSPS) is 21.2. The van der Waals surface area contributed by atoms with E-state index < -0.39 is 0 Å². The monoisotopic (exact) mass is 333 g/mol. The summed E-state index contributed by atoms with van der Waals surface area (Å²) in [6.07, 6.45) is 3.50. The van der Waals surface area contributed by atoms with Gasteiger partial charge in [0.05, 0.1) is 0 Å². The molecule has 0 bridgehead atoms. The van der Waals surface area contributed by atoms with Crippen molar-refractivity contribution < 1.29 is 0 Å². The van der Waals surface area contributed by atoms with E-state index in [1.54, 1.807) is 11.3 Å². The molecular weight excluding hydrogens is 310 g/mol. The summed E-state index contributed by atoms with van der Waals surface area (Å²) >= 11 is 1.78. The van der Waals surface area contributed by atoms with Crippen LogP contribution in [0.2, 0.25) is 0 Å². The van der Waals surface area contributed by atoms with Gasteiger partial charge >= 0.3 is 0 Å². The van der Waals surface area contributed by atoms with E-state index >= 15 is 0 Å². The molecule has 3 atom stereocenters. The minimum atomic E-state index is 0.0835. The smallest absolute Gasteiger partial charge is 0.0462 e. The van der Waals surface area contributed by atoms with Gasteiger partial charge in [-0.05, 0) is 53.3 Å². The van der Waals surface area contributed by atoms with Gasteiger partial charge in [-0.1, -0.05) is 60.7 Å². The number of benzene rings is 2. The van der Waals surface area contributed by atoms with E-state index in [0.717, 1.165) is 6.42 Å². The van der Waals surface area contributed by atoms with E-state index in [1.807, 2.05) is 0 Å². The van der Waals surface area contributed by atoms with Crippen LogP contribution in [0.15, 0.2) is 72.1 Å². The Bertz CT molecular complexity index is 779. The lowest BCUT2D eigenvalue weighted by molar-refractivity contribution is 0.329. The fourth-order valence-corrected chi connectivity index (χ4v) is 4.93. The Morgan fingerprint density at radius 3 is 2.54 bits per heavy atom. The number of nitrogens with two attached hydrogens (primary N) is 1. The van der Waals surface area contributed by atoms with Crippen LogP contribution >= 0.6 is 11.3 Å². The number of rotatable bonds is 4. The van der Waals surface area contributed by atoms with E-state index in [4.69, 9.17) is 5.73 Å². The number of thiophene rings is 1. The Kier molecular flexibility index (Phi) is 4.50. The van der Waals surface area contributed by atoms with Gasteiger partial charge in [-0.15, -0.1) is 11.3 Å². The third-order valence-electron chi connectivity index (χ3n) is 5.31. The van der Waals surface area contributed by atoms with Crippen molar-refractivity contribution in [3.63, 3.8) is 0 Å². The van der Waals surface area contributed by atoms with E-state index in [1.165, 1.54) is 34.4 Å². The van der Waals surface area contributed by atoms with Crippen molar-refractivity contribution in [3.8, 4) is 0 Å². The highest BCUT2D eigenvalue weighted by molar-refractivity contribution is 7.10. The van der Waals surface area contributed by atoms with Crippen molar-refractivity contribution in [2.75, 3.05) is 0 Å².